The Balaban J connectivity index is 0.000000980. The zero-order valence-electron chi connectivity index (χ0n) is 10.5. The van der Waals surface area contributed by atoms with E-state index >= 15 is 0 Å². The van der Waals surface area contributed by atoms with Crippen molar-refractivity contribution in [2.45, 2.75) is 58.8 Å². The summed E-state index contributed by atoms with van der Waals surface area (Å²) in [4.78, 5) is 0. The van der Waals surface area contributed by atoms with Crippen LogP contribution in [0.15, 0.2) is 0 Å². The first-order valence-electron chi connectivity index (χ1n) is 6.07. The fraction of sp³-hybridized carbons (Fsp3) is 0.857. The molecule has 0 heterocycles. The minimum absolute atomic E-state index is 0. The molecule has 2 saturated carbocycles. The summed E-state index contributed by atoms with van der Waals surface area (Å²) < 4.78 is 0. The summed E-state index contributed by atoms with van der Waals surface area (Å²) in [7, 11) is 0. The predicted octanol–water partition coefficient (Wildman–Crippen LogP) is 4.65. The van der Waals surface area contributed by atoms with Crippen LogP contribution in [0, 0.1) is 31.1 Å². The van der Waals surface area contributed by atoms with E-state index in [9.17, 15) is 0 Å². The quantitative estimate of drug-likeness (QED) is 0.469. The van der Waals surface area contributed by atoms with Gasteiger partial charge in [-0.15, -0.1) is 0 Å². The van der Waals surface area contributed by atoms with Crippen molar-refractivity contribution in [3.05, 3.63) is 13.8 Å². The van der Waals surface area contributed by atoms with Crippen LogP contribution in [0.4, 0.5) is 0 Å². The van der Waals surface area contributed by atoms with Gasteiger partial charge in [0.05, 0.1) is 0 Å². The molecular weight excluding hydrogens is 224 g/mol. The Labute approximate surface area is 107 Å². The first-order chi connectivity index (χ1) is 6.22. The van der Waals surface area contributed by atoms with Gasteiger partial charge in [0.1, 0.15) is 0 Å². The van der Waals surface area contributed by atoms with E-state index in [1.807, 2.05) is 0 Å². The molecule has 0 bridgehead atoms. The Morgan fingerprint density at radius 3 is 2.33 bits per heavy atom. The van der Waals surface area contributed by atoms with Crippen molar-refractivity contribution in [3.63, 3.8) is 0 Å². The molecule has 0 N–H and O–H groups in total. The van der Waals surface area contributed by atoms with Gasteiger partial charge >= 0.3 is 17.1 Å². The Hall–Kier alpha value is 0.519. The molecule has 0 radical (unpaired) electrons. The van der Waals surface area contributed by atoms with Crippen molar-refractivity contribution in [2.75, 3.05) is 0 Å². The van der Waals surface area contributed by atoms with Gasteiger partial charge in [-0.2, -0.15) is 11.8 Å². The molecule has 3 unspecified atom stereocenters. The van der Waals surface area contributed by atoms with Gasteiger partial charge in [0, 0.05) is 0 Å². The van der Waals surface area contributed by atoms with Crippen molar-refractivity contribution < 1.29 is 17.1 Å². The van der Waals surface area contributed by atoms with Gasteiger partial charge < -0.3 is 13.8 Å². The molecule has 90 valence electrons. The van der Waals surface area contributed by atoms with Crippen LogP contribution >= 0.6 is 0 Å². The first kappa shape index (κ1) is 15.5. The average molecular weight is 250 g/mol. The second kappa shape index (κ2) is 6.30. The smallest absolute Gasteiger partial charge is 0.358 e. The molecule has 3 atom stereocenters. The van der Waals surface area contributed by atoms with E-state index in [0.29, 0.717) is 5.41 Å². The third kappa shape index (κ3) is 3.24. The molecular formula is C14H26Fe. The molecule has 0 amide bonds. The summed E-state index contributed by atoms with van der Waals surface area (Å²) in [5.74, 6) is 1.99. The Morgan fingerprint density at radius 2 is 1.87 bits per heavy atom. The molecule has 0 saturated heterocycles. The predicted molar refractivity (Wildman–Crippen MR) is 63.8 cm³/mol. The number of hydrogen-bond acceptors (Lipinski definition) is 0. The molecule has 15 heavy (non-hydrogen) atoms. The largest absolute Gasteiger partial charge is 2.00 e. The second-order valence-electron chi connectivity index (χ2n) is 5.47. The van der Waals surface area contributed by atoms with Gasteiger partial charge in [-0.05, 0) is 5.92 Å². The third-order valence-electron chi connectivity index (χ3n) is 4.49. The molecule has 0 aliphatic heterocycles. The van der Waals surface area contributed by atoms with Crippen molar-refractivity contribution in [1.82, 2.24) is 0 Å². The minimum Gasteiger partial charge on any atom is -0.358 e. The maximum absolute atomic E-state index is 2.64. The molecule has 2 rings (SSSR count). The standard InChI is InChI=1S/C13H23.CH3.Fe/c1-11-7-6-8-12(11)13(2)9-4-3-5-10-13;;/h9,11-12H,3-8,10H2,1-2H3;1H3;/q2*-1;+2. The van der Waals surface area contributed by atoms with Crippen LogP contribution in [0.2, 0.25) is 0 Å². The Kier molecular flexibility index (Phi) is 6.52. The molecule has 0 aromatic heterocycles. The molecule has 2 aliphatic rings. The molecule has 1 heteroatoms. The van der Waals surface area contributed by atoms with Gasteiger partial charge in [0.2, 0.25) is 0 Å². The number of rotatable bonds is 1. The van der Waals surface area contributed by atoms with E-state index in [1.54, 1.807) is 0 Å². The molecule has 0 aromatic rings. The molecule has 0 aromatic carbocycles. The van der Waals surface area contributed by atoms with Gasteiger partial charge in [-0.3, -0.25) is 0 Å². The number of hydrogen-bond donors (Lipinski definition) is 0. The van der Waals surface area contributed by atoms with Crippen LogP contribution in [-0.4, -0.2) is 0 Å². The van der Waals surface area contributed by atoms with Crippen LogP contribution in [-0.2, 0) is 17.1 Å². The molecule has 0 nitrogen and oxygen atoms in total. The first-order valence-corrected chi connectivity index (χ1v) is 6.07. The van der Waals surface area contributed by atoms with Crippen LogP contribution in [0.3, 0.4) is 0 Å². The topological polar surface area (TPSA) is 0 Å². The van der Waals surface area contributed by atoms with Gasteiger partial charge in [0.15, 0.2) is 0 Å². The summed E-state index contributed by atoms with van der Waals surface area (Å²) in [6, 6.07) is 0. The van der Waals surface area contributed by atoms with E-state index in [1.165, 1.54) is 44.9 Å². The summed E-state index contributed by atoms with van der Waals surface area (Å²) in [5.41, 5.74) is 0.605. The van der Waals surface area contributed by atoms with E-state index in [-0.39, 0.29) is 24.5 Å². The van der Waals surface area contributed by atoms with Gasteiger partial charge in [-0.25, -0.2) is 0 Å². The zero-order valence-corrected chi connectivity index (χ0v) is 11.6. The third-order valence-corrected chi connectivity index (χ3v) is 4.49. The summed E-state index contributed by atoms with van der Waals surface area (Å²) in [6.45, 7) is 4.98. The molecule has 0 spiro atoms. The second-order valence-corrected chi connectivity index (χ2v) is 5.47. The summed E-state index contributed by atoms with van der Waals surface area (Å²) in [6.07, 6.45) is 12.8. The van der Waals surface area contributed by atoms with E-state index in [4.69, 9.17) is 0 Å². The zero-order chi connectivity index (χ0) is 9.31. The van der Waals surface area contributed by atoms with Crippen LogP contribution in [0.25, 0.3) is 0 Å². The van der Waals surface area contributed by atoms with Crippen molar-refractivity contribution in [2.24, 2.45) is 17.3 Å². The fourth-order valence-corrected chi connectivity index (χ4v) is 3.65. The minimum atomic E-state index is 0. The average Bonchev–Trinajstić information content (AvgIpc) is 2.53. The van der Waals surface area contributed by atoms with Crippen molar-refractivity contribution >= 4 is 0 Å². The summed E-state index contributed by atoms with van der Waals surface area (Å²) in [5, 5.41) is 0. The Bertz CT molecular complexity index is 170. The van der Waals surface area contributed by atoms with Crippen LogP contribution in [0.5, 0.6) is 0 Å². The monoisotopic (exact) mass is 250 g/mol. The Morgan fingerprint density at radius 1 is 1.13 bits per heavy atom. The molecule has 2 fully saturated rings. The van der Waals surface area contributed by atoms with Gasteiger partial charge in [-0.1, -0.05) is 58.3 Å². The summed E-state index contributed by atoms with van der Waals surface area (Å²) >= 11 is 0. The maximum Gasteiger partial charge on any atom is 2.00 e. The SMILES string of the molecule is CC1CCCC1C1(C)[CH-]CCCC1.[CH3-].[Fe+2]. The van der Waals surface area contributed by atoms with E-state index in [0.717, 1.165) is 11.8 Å². The normalized spacial score (nSPS) is 40.4. The molecule has 2 aliphatic carbocycles. The van der Waals surface area contributed by atoms with Crippen LogP contribution in [0.1, 0.15) is 58.8 Å². The van der Waals surface area contributed by atoms with E-state index < -0.39 is 0 Å². The van der Waals surface area contributed by atoms with Gasteiger partial charge in [0.25, 0.3) is 0 Å². The van der Waals surface area contributed by atoms with E-state index in [2.05, 4.69) is 20.3 Å². The van der Waals surface area contributed by atoms with Crippen LogP contribution < -0.4 is 0 Å². The maximum atomic E-state index is 2.64. The van der Waals surface area contributed by atoms with Crippen molar-refractivity contribution in [1.29, 1.82) is 0 Å². The fourth-order valence-electron chi connectivity index (χ4n) is 3.65. The van der Waals surface area contributed by atoms with Crippen molar-refractivity contribution in [3.8, 4) is 0 Å².